The number of para-hydroxylation sites is 1. The zero-order chi connectivity index (χ0) is 20.3. The van der Waals surface area contributed by atoms with Gasteiger partial charge in [-0.1, -0.05) is 23.7 Å². The van der Waals surface area contributed by atoms with Gasteiger partial charge in [-0.15, -0.1) is 0 Å². The van der Waals surface area contributed by atoms with Crippen molar-refractivity contribution in [3.8, 4) is 5.75 Å². The Morgan fingerprint density at radius 2 is 2.07 bits per heavy atom. The summed E-state index contributed by atoms with van der Waals surface area (Å²) in [7, 11) is 1.55. The van der Waals surface area contributed by atoms with Crippen molar-refractivity contribution in [1.82, 2.24) is 0 Å². The molecule has 0 saturated carbocycles. The average molecular weight is 469 g/mol. The van der Waals surface area contributed by atoms with Crippen LogP contribution in [0.25, 0.3) is 0 Å². The summed E-state index contributed by atoms with van der Waals surface area (Å²) in [6.45, 7) is 1.94. The van der Waals surface area contributed by atoms with E-state index in [9.17, 15) is 9.59 Å². The van der Waals surface area contributed by atoms with E-state index in [1.165, 1.54) is 0 Å². The third-order valence-corrected chi connectivity index (χ3v) is 5.15. The molecule has 6 nitrogen and oxygen atoms in total. The number of ether oxygens (including phenoxy) is 3. The van der Waals surface area contributed by atoms with E-state index < -0.39 is 24.1 Å². The maximum atomic E-state index is 12.7. The second-order valence-corrected chi connectivity index (χ2v) is 7.39. The first-order valence-corrected chi connectivity index (χ1v) is 9.85. The van der Waals surface area contributed by atoms with Gasteiger partial charge in [0, 0.05) is 21.8 Å². The summed E-state index contributed by atoms with van der Waals surface area (Å²) >= 11 is 9.68. The lowest BCUT2D eigenvalue weighted by Crippen LogP contribution is -2.32. The van der Waals surface area contributed by atoms with Gasteiger partial charge in [0.2, 0.25) is 0 Å². The molecule has 28 heavy (non-hydrogen) atoms. The number of fused-ring (bicyclic) bond motifs is 1. The molecule has 3 rings (SSSR count). The molecule has 2 atom stereocenters. The van der Waals surface area contributed by atoms with Crippen LogP contribution in [0.5, 0.6) is 5.75 Å². The Balaban J connectivity index is 2.09. The number of hydrogen-bond donors (Lipinski definition) is 1. The van der Waals surface area contributed by atoms with E-state index in [0.29, 0.717) is 27.6 Å². The molecule has 0 unspecified atom stereocenters. The van der Waals surface area contributed by atoms with Crippen molar-refractivity contribution in [2.45, 2.75) is 25.6 Å². The highest BCUT2D eigenvalue weighted by atomic mass is 79.9. The Labute approximate surface area is 176 Å². The zero-order valence-electron chi connectivity index (χ0n) is 15.3. The summed E-state index contributed by atoms with van der Waals surface area (Å²) in [6, 6.07) is 10.7. The lowest BCUT2D eigenvalue weighted by Gasteiger charge is -2.23. The fraction of sp³-hybridized carbons (Fsp3) is 0.300. The highest BCUT2D eigenvalue weighted by Crippen LogP contribution is 2.42. The molecule has 0 radical (unpaired) electrons. The molecule has 1 amide bonds. The van der Waals surface area contributed by atoms with E-state index >= 15 is 0 Å². The van der Waals surface area contributed by atoms with Crippen molar-refractivity contribution in [3.63, 3.8) is 0 Å². The van der Waals surface area contributed by atoms with Crippen molar-refractivity contribution in [1.29, 1.82) is 0 Å². The van der Waals surface area contributed by atoms with Gasteiger partial charge in [-0.25, -0.2) is 0 Å². The van der Waals surface area contributed by atoms with Gasteiger partial charge < -0.3 is 19.5 Å². The van der Waals surface area contributed by atoms with Gasteiger partial charge in [0.1, 0.15) is 18.0 Å². The summed E-state index contributed by atoms with van der Waals surface area (Å²) in [5, 5.41) is 3.32. The lowest BCUT2D eigenvalue weighted by atomic mass is 9.99. The Kier molecular flexibility index (Phi) is 6.59. The molecule has 0 saturated heterocycles. The summed E-state index contributed by atoms with van der Waals surface area (Å²) in [6.07, 6.45) is -1.91. The highest BCUT2D eigenvalue weighted by Gasteiger charge is 2.35. The fourth-order valence-corrected chi connectivity index (χ4v) is 3.80. The molecule has 1 heterocycles. The molecule has 0 aromatic heterocycles. The molecule has 0 aliphatic carbocycles. The molecule has 2 aromatic carbocycles. The first kappa shape index (κ1) is 20.6. The summed E-state index contributed by atoms with van der Waals surface area (Å²) < 4.78 is 17.4. The van der Waals surface area contributed by atoms with Gasteiger partial charge in [-0.3, -0.25) is 9.59 Å². The predicted molar refractivity (Wildman–Crippen MR) is 109 cm³/mol. The normalized spacial score (nSPS) is 18.6. The predicted octanol–water partition coefficient (Wildman–Crippen LogP) is 4.49. The number of anilines is 1. The van der Waals surface area contributed by atoms with Gasteiger partial charge in [0.05, 0.1) is 24.6 Å². The van der Waals surface area contributed by atoms with Crippen molar-refractivity contribution >= 4 is 45.1 Å². The number of esters is 1. The van der Waals surface area contributed by atoms with Gasteiger partial charge in [-0.05, 0) is 47.1 Å². The quantitative estimate of drug-likeness (QED) is 0.655. The minimum absolute atomic E-state index is 0.200. The van der Waals surface area contributed by atoms with Crippen LogP contribution in [-0.4, -0.2) is 31.7 Å². The van der Waals surface area contributed by atoms with E-state index in [2.05, 4.69) is 21.2 Å². The third-order valence-electron chi connectivity index (χ3n) is 4.29. The van der Waals surface area contributed by atoms with Gasteiger partial charge in [-0.2, -0.15) is 0 Å². The summed E-state index contributed by atoms with van der Waals surface area (Å²) in [5.41, 5.74) is 1.93. The average Bonchev–Trinajstić information content (AvgIpc) is 2.78. The van der Waals surface area contributed by atoms with E-state index in [1.54, 1.807) is 32.2 Å². The molecule has 2 aromatic rings. The van der Waals surface area contributed by atoms with E-state index in [4.69, 9.17) is 25.8 Å². The number of hydrogen-bond acceptors (Lipinski definition) is 5. The van der Waals surface area contributed by atoms with Crippen LogP contribution in [0.1, 0.15) is 30.6 Å². The van der Waals surface area contributed by atoms with Crippen LogP contribution < -0.4 is 10.1 Å². The third kappa shape index (κ3) is 4.32. The van der Waals surface area contributed by atoms with Gasteiger partial charge >= 0.3 is 5.97 Å². The number of nitrogens with one attached hydrogen (secondary N) is 1. The van der Waals surface area contributed by atoms with Crippen LogP contribution in [0.2, 0.25) is 5.02 Å². The van der Waals surface area contributed by atoms with Gasteiger partial charge in [0.15, 0.2) is 0 Å². The lowest BCUT2D eigenvalue weighted by molar-refractivity contribution is -0.150. The van der Waals surface area contributed by atoms with Crippen LogP contribution in [0, 0.1) is 0 Å². The van der Waals surface area contributed by atoms with Crippen LogP contribution in [0.4, 0.5) is 5.69 Å². The largest absolute Gasteiger partial charge is 0.495 e. The number of halogens is 2. The Bertz CT molecular complexity index is 904. The number of carbonyl (C=O) groups is 2. The first-order valence-electron chi connectivity index (χ1n) is 8.68. The number of carbonyl (C=O) groups excluding carboxylic acids is 2. The molecule has 0 spiro atoms. The number of rotatable bonds is 5. The second kappa shape index (κ2) is 8.94. The second-order valence-electron chi connectivity index (χ2n) is 6.10. The zero-order valence-corrected chi connectivity index (χ0v) is 17.7. The molecule has 1 aliphatic rings. The summed E-state index contributed by atoms with van der Waals surface area (Å²) in [4.78, 5) is 24.7. The standard InChI is InChI=1S/C20H19BrClNO5/c1-3-27-17(24)10-16-20(25)23-15-8-7-11(22)9-13(15)18(28-16)12-5-4-6-14(21)19(12)26-2/h4-9,16,18H,3,10H2,1-2H3,(H,23,25)/t16-,18-/m1/s1. The van der Waals surface area contributed by atoms with E-state index in [0.717, 1.165) is 4.47 Å². The van der Waals surface area contributed by atoms with Crippen LogP contribution in [0.3, 0.4) is 0 Å². The molecule has 0 bridgehead atoms. The number of methoxy groups -OCH3 is 1. The number of benzene rings is 2. The Morgan fingerprint density at radius 1 is 1.29 bits per heavy atom. The molecule has 1 N–H and O–H groups in total. The van der Waals surface area contributed by atoms with Crippen LogP contribution >= 0.6 is 27.5 Å². The van der Waals surface area contributed by atoms with Crippen molar-refractivity contribution in [2.75, 3.05) is 19.0 Å². The Hall–Kier alpha value is -2.09. The number of amides is 1. The molecular weight excluding hydrogens is 450 g/mol. The minimum atomic E-state index is -1.03. The summed E-state index contributed by atoms with van der Waals surface area (Å²) in [5.74, 6) is -0.359. The monoisotopic (exact) mass is 467 g/mol. The SMILES string of the molecule is CCOC(=O)C[C@H]1O[C@H](c2cccc(Br)c2OC)c2cc(Cl)ccc2NC1=O. The minimum Gasteiger partial charge on any atom is -0.495 e. The Morgan fingerprint density at radius 3 is 2.79 bits per heavy atom. The first-order chi connectivity index (χ1) is 13.4. The topological polar surface area (TPSA) is 73.9 Å². The van der Waals surface area contributed by atoms with E-state index in [-0.39, 0.29) is 13.0 Å². The van der Waals surface area contributed by atoms with Crippen molar-refractivity contribution in [3.05, 3.63) is 57.0 Å². The molecule has 148 valence electrons. The molecular formula is C20H19BrClNO5. The smallest absolute Gasteiger partial charge is 0.308 e. The van der Waals surface area contributed by atoms with Crippen molar-refractivity contribution in [2.24, 2.45) is 0 Å². The van der Waals surface area contributed by atoms with Crippen LogP contribution in [0.15, 0.2) is 40.9 Å². The maximum absolute atomic E-state index is 12.7. The van der Waals surface area contributed by atoms with Crippen molar-refractivity contribution < 1.29 is 23.8 Å². The molecule has 0 fully saturated rings. The van der Waals surface area contributed by atoms with Gasteiger partial charge in [0.25, 0.3) is 5.91 Å². The molecule has 1 aliphatic heterocycles. The maximum Gasteiger partial charge on any atom is 0.308 e. The highest BCUT2D eigenvalue weighted by molar-refractivity contribution is 9.10. The fourth-order valence-electron chi connectivity index (χ4n) is 3.08. The molecule has 8 heteroatoms. The van der Waals surface area contributed by atoms with E-state index in [1.807, 2.05) is 18.2 Å². The van der Waals surface area contributed by atoms with Crippen LogP contribution in [-0.2, 0) is 19.1 Å².